The van der Waals surface area contributed by atoms with E-state index in [4.69, 9.17) is 9.47 Å². The first kappa shape index (κ1) is 23.3. The number of methoxy groups -OCH3 is 2. The van der Waals surface area contributed by atoms with Crippen LogP contribution in [-0.4, -0.2) is 28.5 Å². The zero-order chi connectivity index (χ0) is 23.1. The molecule has 0 saturated carbocycles. The third-order valence-electron chi connectivity index (χ3n) is 5.10. The number of hydrogen-bond acceptors (Lipinski definition) is 5. The lowest BCUT2D eigenvalue weighted by atomic mass is 10.1. The lowest BCUT2D eigenvalue weighted by Gasteiger charge is -2.24. The van der Waals surface area contributed by atoms with Gasteiger partial charge in [0.1, 0.15) is 17.1 Å². The third kappa shape index (κ3) is 4.78. The van der Waals surface area contributed by atoms with Crippen LogP contribution < -0.4 is 13.8 Å². The van der Waals surface area contributed by atoms with Crippen LogP contribution in [0.5, 0.6) is 11.5 Å². The zero-order valence-electron chi connectivity index (χ0n) is 18.4. The molecular weight excluding hydrogens is 426 g/mol. The summed E-state index contributed by atoms with van der Waals surface area (Å²) in [6, 6.07) is 19.8. The molecule has 1 amide bonds. The Hall–Kier alpha value is -3.32. The van der Waals surface area contributed by atoms with E-state index >= 15 is 0 Å². The van der Waals surface area contributed by atoms with E-state index < -0.39 is 15.9 Å². The fourth-order valence-electron chi connectivity index (χ4n) is 3.41. The number of aryl methyl sites for hydroxylation is 1. The van der Waals surface area contributed by atoms with E-state index in [1.165, 1.54) is 26.4 Å². The number of carbonyl (C=O) groups is 1. The van der Waals surface area contributed by atoms with Gasteiger partial charge in [0.25, 0.3) is 15.9 Å². The van der Waals surface area contributed by atoms with E-state index in [1.807, 2.05) is 12.1 Å². The smallest absolute Gasteiger partial charge is 0.279 e. The second-order valence-electron chi connectivity index (χ2n) is 7.20. The monoisotopic (exact) mass is 453 g/mol. The predicted octanol–water partition coefficient (Wildman–Crippen LogP) is 5.08. The molecule has 0 saturated heterocycles. The van der Waals surface area contributed by atoms with Crippen molar-refractivity contribution in [1.82, 2.24) is 0 Å². The van der Waals surface area contributed by atoms with Crippen molar-refractivity contribution in [3.05, 3.63) is 83.9 Å². The molecule has 0 atom stereocenters. The molecule has 0 aromatic heterocycles. The van der Waals surface area contributed by atoms with Crippen LogP contribution in [0.1, 0.15) is 35.7 Å². The predicted molar refractivity (Wildman–Crippen MR) is 125 cm³/mol. The molecule has 7 heteroatoms. The fraction of sp³-hybridized carbons (Fsp3) is 0.240. The molecule has 0 aliphatic rings. The summed E-state index contributed by atoms with van der Waals surface area (Å²) in [5.41, 5.74) is 1.36. The number of carbonyl (C=O) groups excluding carboxylic acids is 1. The Kier molecular flexibility index (Phi) is 7.53. The van der Waals surface area contributed by atoms with E-state index in [2.05, 4.69) is 6.92 Å². The molecule has 0 radical (unpaired) electrons. The van der Waals surface area contributed by atoms with E-state index in [9.17, 15) is 13.2 Å². The van der Waals surface area contributed by atoms with Gasteiger partial charge in [-0.1, -0.05) is 49.7 Å². The quantitative estimate of drug-likeness (QED) is 0.452. The van der Waals surface area contributed by atoms with Gasteiger partial charge in [-0.2, -0.15) is 4.31 Å². The molecule has 3 aromatic carbocycles. The summed E-state index contributed by atoms with van der Waals surface area (Å²) in [5.74, 6) is -0.311. The van der Waals surface area contributed by atoms with Crippen LogP contribution in [0.15, 0.2) is 77.7 Å². The highest BCUT2D eigenvalue weighted by Crippen LogP contribution is 2.34. The van der Waals surface area contributed by atoms with Gasteiger partial charge in [-0.3, -0.25) is 4.79 Å². The summed E-state index contributed by atoms with van der Waals surface area (Å²) < 4.78 is 38.8. The number of sulfonamides is 1. The maximum absolute atomic E-state index is 13.8. The third-order valence-corrected chi connectivity index (χ3v) is 6.82. The molecule has 0 spiro atoms. The molecule has 0 aliphatic heterocycles. The summed E-state index contributed by atoms with van der Waals surface area (Å²) in [4.78, 5) is 13.8. The summed E-state index contributed by atoms with van der Waals surface area (Å²) in [6.45, 7) is 2.11. The Balaban J connectivity index is 2.17. The highest BCUT2D eigenvalue weighted by Gasteiger charge is 2.35. The number of amides is 1. The molecule has 6 nitrogen and oxygen atoms in total. The molecule has 3 rings (SSSR count). The lowest BCUT2D eigenvalue weighted by Crippen LogP contribution is -2.37. The highest BCUT2D eigenvalue weighted by molar-refractivity contribution is 7.93. The standard InChI is InChI=1S/C25H27NO5S/c1-4-5-10-19-15-17-20(18-16-19)26(32(28,29)21-11-7-6-8-12-21)25(27)24-22(30-2)13-9-14-23(24)31-3/h6-9,11-18H,4-5,10H2,1-3H3. The number of nitrogens with zero attached hydrogens (tertiary/aromatic N) is 1. The van der Waals surface area contributed by atoms with Crippen LogP contribution in [0.25, 0.3) is 0 Å². The van der Waals surface area contributed by atoms with Gasteiger partial charge in [0.15, 0.2) is 0 Å². The van der Waals surface area contributed by atoms with Crippen LogP contribution in [0.4, 0.5) is 5.69 Å². The molecular formula is C25H27NO5S. The largest absolute Gasteiger partial charge is 0.496 e. The Morgan fingerprint density at radius 2 is 1.44 bits per heavy atom. The first-order valence-corrected chi connectivity index (χ1v) is 11.8. The average molecular weight is 454 g/mol. The van der Waals surface area contributed by atoms with Gasteiger partial charge in [-0.15, -0.1) is 0 Å². The SMILES string of the molecule is CCCCc1ccc(N(C(=O)c2c(OC)cccc2OC)S(=O)(=O)c2ccccc2)cc1. The zero-order valence-corrected chi connectivity index (χ0v) is 19.3. The maximum Gasteiger partial charge on any atom is 0.279 e. The van der Waals surface area contributed by atoms with E-state index in [0.29, 0.717) is 0 Å². The first-order valence-electron chi connectivity index (χ1n) is 10.4. The van der Waals surface area contributed by atoms with Crippen molar-refractivity contribution in [3.63, 3.8) is 0 Å². The van der Waals surface area contributed by atoms with Crippen LogP contribution in [-0.2, 0) is 16.4 Å². The van der Waals surface area contributed by atoms with E-state index in [0.717, 1.165) is 29.1 Å². The summed E-state index contributed by atoms with van der Waals surface area (Å²) in [5, 5.41) is 0. The van der Waals surface area contributed by atoms with Crippen LogP contribution in [0.2, 0.25) is 0 Å². The van der Waals surface area contributed by atoms with Gasteiger partial charge in [-0.25, -0.2) is 8.42 Å². The number of benzene rings is 3. The van der Waals surface area contributed by atoms with Crippen molar-refractivity contribution in [3.8, 4) is 11.5 Å². The van der Waals surface area contributed by atoms with Gasteiger partial charge in [0.05, 0.1) is 24.8 Å². The second kappa shape index (κ2) is 10.3. The number of rotatable bonds is 9. The number of hydrogen-bond donors (Lipinski definition) is 0. The fourth-order valence-corrected chi connectivity index (χ4v) is 4.83. The lowest BCUT2D eigenvalue weighted by molar-refractivity contribution is 0.0999. The number of ether oxygens (including phenoxy) is 2. The topological polar surface area (TPSA) is 72.9 Å². The molecule has 168 valence electrons. The van der Waals surface area contributed by atoms with Crippen LogP contribution in [0.3, 0.4) is 0 Å². The minimum absolute atomic E-state index is 0.0114. The second-order valence-corrected chi connectivity index (χ2v) is 8.98. The molecule has 0 fully saturated rings. The highest BCUT2D eigenvalue weighted by atomic mass is 32.2. The van der Waals surface area contributed by atoms with Gasteiger partial charge >= 0.3 is 0 Å². The molecule has 0 heterocycles. The van der Waals surface area contributed by atoms with Crippen LogP contribution in [0, 0.1) is 0 Å². The minimum Gasteiger partial charge on any atom is -0.496 e. The Bertz CT molecular complexity index is 1140. The summed E-state index contributed by atoms with van der Waals surface area (Å²) in [7, 11) is -1.37. The summed E-state index contributed by atoms with van der Waals surface area (Å²) in [6.07, 6.45) is 2.97. The van der Waals surface area contributed by atoms with Gasteiger partial charge in [-0.05, 0) is 54.8 Å². The minimum atomic E-state index is -4.21. The van der Waals surface area contributed by atoms with E-state index in [-0.39, 0.29) is 27.6 Å². The number of unbranched alkanes of at least 4 members (excludes halogenated alkanes) is 1. The number of anilines is 1. The molecule has 0 bridgehead atoms. The van der Waals surface area contributed by atoms with E-state index in [1.54, 1.807) is 48.5 Å². The summed E-state index contributed by atoms with van der Waals surface area (Å²) >= 11 is 0. The Morgan fingerprint density at radius 1 is 0.844 bits per heavy atom. The van der Waals surface area contributed by atoms with Gasteiger partial charge in [0.2, 0.25) is 0 Å². The molecule has 3 aromatic rings. The van der Waals surface area contributed by atoms with Crippen molar-refractivity contribution < 1.29 is 22.7 Å². The molecule has 32 heavy (non-hydrogen) atoms. The van der Waals surface area contributed by atoms with Crippen molar-refractivity contribution in [2.24, 2.45) is 0 Å². The Morgan fingerprint density at radius 3 is 1.97 bits per heavy atom. The van der Waals surface area contributed by atoms with Crippen molar-refractivity contribution >= 4 is 21.6 Å². The molecule has 0 unspecified atom stereocenters. The maximum atomic E-state index is 13.8. The van der Waals surface area contributed by atoms with Gasteiger partial charge in [0, 0.05) is 0 Å². The van der Waals surface area contributed by atoms with Crippen molar-refractivity contribution in [2.45, 2.75) is 31.1 Å². The van der Waals surface area contributed by atoms with Crippen molar-refractivity contribution in [2.75, 3.05) is 18.5 Å². The average Bonchev–Trinajstić information content (AvgIpc) is 2.83. The first-order chi connectivity index (χ1) is 15.4. The Labute approximate surface area is 189 Å². The molecule has 0 aliphatic carbocycles. The van der Waals surface area contributed by atoms with Crippen LogP contribution >= 0.6 is 0 Å². The van der Waals surface area contributed by atoms with Gasteiger partial charge < -0.3 is 9.47 Å². The normalized spacial score (nSPS) is 11.1. The van der Waals surface area contributed by atoms with Crippen molar-refractivity contribution in [1.29, 1.82) is 0 Å². The molecule has 0 N–H and O–H groups in total.